The van der Waals surface area contributed by atoms with Crippen molar-refractivity contribution in [3.05, 3.63) is 78.8 Å². The van der Waals surface area contributed by atoms with Crippen molar-refractivity contribution in [2.75, 3.05) is 30.4 Å². The van der Waals surface area contributed by atoms with Gasteiger partial charge in [0, 0.05) is 26.0 Å². The van der Waals surface area contributed by atoms with Crippen LogP contribution >= 0.6 is 0 Å². The summed E-state index contributed by atoms with van der Waals surface area (Å²) in [5.41, 5.74) is 2.25. The third kappa shape index (κ3) is 6.09. The van der Waals surface area contributed by atoms with E-state index in [1.54, 1.807) is 18.6 Å². The zero-order chi connectivity index (χ0) is 19.6. The summed E-state index contributed by atoms with van der Waals surface area (Å²) in [6.07, 6.45) is 6.57. The van der Waals surface area contributed by atoms with Crippen LogP contribution in [0.25, 0.3) is 0 Å². The van der Waals surface area contributed by atoms with Gasteiger partial charge in [-0.3, -0.25) is 9.78 Å². The Balaban J connectivity index is 1.42. The van der Waals surface area contributed by atoms with E-state index >= 15 is 0 Å². The van der Waals surface area contributed by atoms with Crippen molar-refractivity contribution in [3.63, 3.8) is 0 Å². The molecule has 0 bridgehead atoms. The van der Waals surface area contributed by atoms with Crippen LogP contribution in [0.1, 0.15) is 12.0 Å². The maximum Gasteiger partial charge on any atom is 0.228 e. The quantitative estimate of drug-likeness (QED) is 0.618. The van der Waals surface area contributed by atoms with E-state index < -0.39 is 0 Å². The molecular formula is C22H24N4O2. The number of benzene rings is 1. The predicted molar refractivity (Wildman–Crippen MR) is 111 cm³/mol. The summed E-state index contributed by atoms with van der Waals surface area (Å²) in [6.45, 7) is 1.19. The van der Waals surface area contributed by atoms with Gasteiger partial charge in [-0.15, -0.1) is 0 Å². The summed E-state index contributed by atoms with van der Waals surface area (Å²) >= 11 is 0. The number of carbonyl (C=O) groups excluding carboxylic acids is 1. The predicted octanol–water partition coefficient (Wildman–Crippen LogP) is 3.56. The van der Waals surface area contributed by atoms with Crippen molar-refractivity contribution in [2.45, 2.75) is 12.8 Å². The van der Waals surface area contributed by atoms with Gasteiger partial charge in [0.15, 0.2) is 0 Å². The highest BCUT2D eigenvalue weighted by Gasteiger charge is 2.06. The molecule has 0 saturated carbocycles. The standard InChI is InChI=1S/C22H24N4O2/c1-26(15-11-18-9-13-23-14-10-18)19-7-8-21(24-17-19)25-22(27)12-16-28-20-5-3-2-4-6-20/h2-10,13-14,17H,11-12,15-16H2,1H3,(H,24,25,27). The lowest BCUT2D eigenvalue weighted by molar-refractivity contribution is -0.116. The number of carbonyl (C=O) groups is 1. The number of amides is 1. The molecule has 3 rings (SSSR count). The van der Waals surface area contributed by atoms with Crippen LogP contribution in [0.5, 0.6) is 5.75 Å². The Labute approximate surface area is 165 Å². The van der Waals surface area contributed by atoms with Crippen LogP contribution < -0.4 is 15.0 Å². The number of pyridine rings is 2. The number of hydrogen-bond acceptors (Lipinski definition) is 5. The number of nitrogens with zero attached hydrogens (tertiary/aromatic N) is 3. The van der Waals surface area contributed by atoms with Crippen molar-refractivity contribution >= 4 is 17.4 Å². The minimum absolute atomic E-state index is 0.123. The third-order valence-corrected chi connectivity index (χ3v) is 4.28. The van der Waals surface area contributed by atoms with E-state index in [1.807, 2.05) is 61.6 Å². The summed E-state index contributed by atoms with van der Waals surface area (Å²) in [6, 6.07) is 17.3. The van der Waals surface area contributed by atoms with Gasteiger partial charge in [-0.2, -0.15) is 0 Å². The zero-order valence-electron chi connectivity index (χ0n) is 15.9. The molecule has 0 unspecified atom stereocenters. The fourth-order valence-corrected chi connectivity index (χ4v) is 2.64. The molecule has 1 N–H and O–H groups in total. The molecule has 144 valence electrons. The lowest BCUT2D eigenvalue weighted by Crippen LogP contribution is -2.21. The maximum absolute atomic E-state index is 12.0. The number of aromatic nitrogens is 2. The Hall–Kier alpha value is -3.41. The molecular weight excluding hydrogens is 352 g/mol. The lowest BCUT2D eigenvalue weighted by Gasteiger charge is -2.19. The highest BCUT2D eigenvalue weighted by Crippen LogP contribution is 2.15. The van der Waals surface area contributed by atoms with Gasteiger partial charge in [-0.05, 0) is 48.4 Å². The SMILES string of the molecule is CN(CCc1ccncc1)c1ccc(NC(=O)CCOc2ccccc2)nc1. The van der Waals surface area contributed by atoms with Crippen LogP contribution in [0.15, 0.2) is 73.2 Å². The molecule has 0 radical (unpaired) electrons. The Kier molecular flexibility index (Phi) is 6.95. The van der Waals surface area contributed by atoms with Crippen LogP contribution in [0.4, 0.5) is 11.5 Å². The van der Waals surface area contributed by atoms with Gasteiger partial charge in [0.05, 0.1) is 24.9 Å². The van der Waals surface area contributed by atoms with Crippen molar-refractivity contribution in [2.24, 2.45) is 0 Å². The molecule has 0 atom stereocenters. The minimum atomic E-state index is -0.123. The van der Waals surface area contributed by atoms with Crippen LogP contribution in [0, 0.1) is 0 Å². The second kappa shape index (κ2) is 10.1. The largest absolute Gasteiger partial charge is 0.493 e. The molecule has 0 aliphatic carbocycles. The van der Waals surface area contributed by atoms with Gasteiger partial charge in [0.2, 0.25) is 5.91 Å². The molecule has 0 aliphatic heterocycles. The first-order chi connectivity index (χ1) is 13.7. The zero-order valence-corrected chi connectivity index (χ0v) is 15.9. The van der Waals surface area contributed by atoms with E-state index in [4.69, 9.17) is 4.74 Å². The van der Waals surface area contributed by atoms with Crippen LogP contribution in [0.3, 0.4) is 0 Å². The number of anilines is 2. The molecule has 1 aromatic carbocycles. The van der Waals surface area contributed by atoms with Gasteiger partial charge in [-0.25, -0.2) is 4.98 Å². The monoisotopic (exact) mass is 376 g/mol. The lowest BCUT2D eigenvalue weighted by atomic mass is 10.2. The van der Waals surface area contributed by atoms with Gasteiger partial charge in [0.25, 0.3) is 0 Å². The molecule has 0 fully saturated rings. The molecule has 0 spiro atoms. The van der Waals surface area contributed by atoms with Crippen molar-refractivity contribution in [1.29, 1.82) is 0 Å². The van der Waals surface area contributed by atoms with E-state index in [0.29, 0.717) is 12.4 Å². The highest BCUT2D eigenvalue weighted by molar-refractivity contribution is 5.89. The molecule has 3 aromatic rings. The molecule has 1 amide bonds. The number of rotatable bonds is 9. The van der Waals surface area contributed by atoms with E-state index in [2.05, 4.69) is 20.2 Å². The first-order valence-electron chi connectivity index (χ1n) is 9.24. The van der Waals surface area contributed by atoms with Crippen molar-refractivity contribution < 1.29 is 9.53 Å². The van der Waals surface area contributed by atoms with E-state index in [0.717, 1.165) is 24.4 Å². The van der Waals surface area contributed by atoms with E-state index in [9.17, 15) is 4.79 Å². The average Bonchev–Trinajstić information content (AvgIpc) is 2.74. The first kappa shape index (κ1) is 19.4. The summed E-state index contributed by atoms with van der Waals surface area (Å²) < 4.78 is 5.54. The molecule has 6 heteroatoms. The van der Waals surface area contributed by atoms with Gasteiger partial charge >= 0.3 is 0 Å². The molecule has 28 heavy (non-hydrogen) atoms. The molecule has 2 heterocycles. The minimum Gasteiger partial charge on any atom is -0.493 e. The number of hydrogen-bond donors (Lipinski definition) is 1. The average molecular weight is 376 g/mol. The van der Waals surface area contributed by atoms with E-state index in [1.165, 1.54) is 5.56 Å². The Morgan fingerprint density at radius 2 is 1.86 bits per heavy atom. The second-order valence-electron chi connectivity index (χ2n) is 6.39. The smallest absolute Gasteiger partial charge is 0.228 e. The number of para-hydroxylation sites is 1. The molecule has 2 aromatic heterocycles. The van der Waals surface area contributed by atoms with Gasteiger partial charge < -0.3 is 15.0 Å². The number of likely N-dealkylation sites (N-methyl/N-ethyl adjacent to an activating group) is 1. The van der Waals surface area contributed by atoms with E-state index in [-0.39, 0.29) is 12.3 Å². The Morgan fingerprint density at radius 1 is 1.07 bits per heavy atom. The maximum atomic E-state index is 12.0. The molecule has 0 saturated heterocycles. The highest BCUT2D eigenvalue weighted by atomic mass is 16.5. The summed E-state index contributed by atoms with van der Waals surface area (Å²) in [4.78, 5) is 22.5. The molecule has 6 nitrogen and oxygen atoms in total. The van der Waals surface area contributed by atoms with Gasteiger partial charge in [-0.1, -0.05) is 18.2 Å². The Bertz CT molecular complexity index is 855. The first-order valence-corrected chi connectivity index (χ1v) is 9.24. The summed E-state index contributed by atoms with van der Waals surface area (Å²) in [7, 11) is 2.03. The fraction of sp³-hybridized carbons (Fsp3) is 0.227. The van der Waals surface area contributed by atoms with Crippen molar-refractivity contribution in [1.82, 2.24) is 9.97 Å². The number of ether oxygens (including phenoxy) is 1. The van der Waals surface area contributed by atoms with Crippen LogP contribution in [-0.2, 0) is 11.2 Å². The normalized spacial score (nSPS) is 10.3. The van der Waals surface area contributed by atoms with Crippen molar-refractivity contribution in [3.8, 4) is 5.75 Å². The van der Waals surface area contributed by atoms with Crippen LogP contribution in [0.2, 0.25) is 0 Å². The second-order valence-corrected chi connectivity index (χ2v) is 6.39. The number of nitrogens with one attached hydrogen (secondary N) is 1. The topological polar surface area (TPSA) is 67.4 Å². The van der Waals surface area contributed by atoms with Crippen LogP contribution in [-0.4, -0.2) is 36.1 Å². The summed E-state index contributed by atoms with van der Waals surface area (Å²) in [5.74, 6) is 1.17. The third-order valence-electron chi connectivity index (χ3n) is 4.28. The Morgan fingerprint density at radius 3 is 2.57 bits per heavy atom. The fourth-order valence-electron chi connectivity index (χ4n) is 2.64. The summed E-state index contributed by atoms with van der Waals surface area (Å²) in [5, 5.41) is 2.80. The molecule has 0 aliphatic rings. The van der Waals surface area contributed by atoms with Gasteiger partial charge in [0.1, 0.15) is 11.6 Å².